The van der Waals surface area contributed by atoms with Gasteiger partial charge in [-0.05, 0) is 79.3 Å². The largest absolute Gasteiger partial charge is 0.454 e. The molecule has 0 saturated carbocycles. The molecule has 0 spiro atoms. The first-order chi connectivity index (χ1) is 21.5. The van der Waals surface area contributed by atoms with Gasteiger partial charge in [0.2, 0.25) is 6.79 Å². The molecule has 6 rings (SSSR count). The summed E-state index contributed by atoms with van der Waals surface area (Å²) in [6.07, 6.45) is -0.200. The number of fused-ring (bicyclic) bond motifs is 2. The monoisotopic (exact) mass is 645 g/mol. The van der Waals surface area contributed by atoms with Gasteiger partial charge in [-0.25, -0.2) is 9.59 Å². The van der Waals surface area contributed by atoms with Crippen LogP contribution in [0.1, 0.15) is 31.9 Å². The summed E-state index contributed by atoms with van der Waals surface area (Å²) < 4.78 is 22.0. The number of rotatable bonds is 5. The summed E-state index contributed by atoms with van der Waals surface area (Å²) in [6, 6.07) is 23.0. The molecule has 2 amide bonds. The molecule has 3 aliphatic heterocycles. The minimum atomic E-state index is -1.88. The van der Waals surface area contributed by atoms with E-state index in [-0.39, 0.29) is 24.7 Å². The van der Waals surface area contributed by atoms with Crippen molar-refractivity contribution in [3.8, 4) is 29.1 Å². The molecule has 11 nitrogen and oxygen atoms in total. The number of piperazine rings is 1. The summed E-state index contributed by atoms with van der Waals surface area (Å²) in [5.74, 6) is 0.106. The number of hydrogen-bond acceptors (Lipinski definition) is 11. The minimum absolute atomic E-state index is 0.00818. The zero-order chi connectivity index (χ0) is 32.0. The average molecular weight is 646 g/mol. The van der Waals surface area contributed by atoms with Crippen LogP contribution < -0.4 is 18.9 Å². The van der Waals surface area contributed by atoms with Gasteiger partial charge in [0.15, 0.2) is 21.2 Å². The predicted molar refractivity (Wildman–Crippen MR) is 165 cm³/mol. The molecular weight excluding hydrogens is 618 g/mol. The van der Waals surface area contributed by atoms with Crippen LogP contribution in [0.15, 0.2) is 78.9 Å². The number of nitrogens with zero attached hydrogens (tertiary/aromatic N) is 3. The molecular formula is C32H27N3O8S2. The van der Waals surface area contributed by atoms with Crippen molar-refractivity contribution in [2.24, 2.45) is 5.41 Å². The van der Waals surface area contributed by atoms with E-state index in [2.05, 4.69) is 6.07 Å². The molecule has 13 heteroatoms. The van der Waals surface area contributed by atoms with Crippen LogP contribution in [0.3, 0.4) is 0 Å². The van der Waals surface area contributed by atoms with Gasteiger partial charge in [0.1, 0.15) is 11.5 Å². The van der Waals surface area contributed by atoms with Gasteiger partial charge in [0.05, 0.1) is 17.5 Å². The minimum Gasteiger partial charge on any atom is -0.454 e. The van der Waals surface area contributed by atoms with E-state index in [1.807, 2.05) is 0 Å². The van der Waals surface area contributed by atoms with E-state index in [9.17, 15) is 24.4 Å². The highest BCUT2D eigenvalue weighted by Gasteiger charge is 2.72. The Bertz CT molecular complexity index is 1740. The molecule has 0 unspecified atom stereocenters. The number of likely N-dealkylation sites (N-methyl/N-ethyl adjacent to an activating group) is 1. The van der Waals surface area contributed by atoms with Gasteiger partial charge in [-0.1, -0.05) is 42.5 Å². The zero-order valence-electron chi connectivity index (χ0n) is 24.4. The third kappa shape index (κ3) is 5.13. The highest BCUT2D eigenvalue weighted by Crippen LogP contribution is 2.63. The molecule has 3 aromatic rings. The van der Waals surface area contributed by atoms with Crippen LogP contribution in [-0.4, -0.2) is 55.8 Å². The third-order valence-electron chi connectivity index (χ3n) is 8.14. The number of para-hydroxylation sites is 2. The smallest absolute Gasteiger partial charge is 0.375 e. The number of amides is 2. The van der Waals surface area contributed by atoms with E-state index in [1.54, 1.807) is 85.8 Å². The Morgan fingerprint density at radius 3 is 2.04 bits per heavy atom. The lowest BCUT2D eigenvalue weighted by atomic mass is 9.79. The Hall–Kier alpha value is -4.67. The SMILES string of the molecule is CN1C(=O)[C@@]2(SC(=O)Oc3ccccc3)C[C@](C)(C#N)[C@H](c3ccc4c(c3)OCO4)N2C(=O)[C@]1(C)SC(=O)Oc1ccccc1. The van der Waals surface area contributed by atoms with Crippen molar-refractivity contribution in [1.29, 1.82) is 5.26 Å². The Labute approximate surface area is 267 Å². The average Bonchev–Trinajstić information content (AvgIpc) is 3.60. The van der Waals surface area contributed by atoms with Gasteiger partial charge < -0.3 is 28.7 Å². The molecule has 0 radical (unpaired) electrons. The number of nitriles is 1. The second kappa shape index (κ2) is 11.4. The highest BCUT2D eigenvalue weighted by molar-refractivity contribution is 8.15. The van der Waals surface area contributed by atoms with Gasteiger partial charge in [-0.3, -0.25) is 9.59 Å². The predicted octanol–water partition coefficient (Wildman–Crippen LogP) is 5.97. The van der Waals surface area contributed by atoms with Crippen molar-refractivity contribution < 1.29 is 38.1 Å². The number of ether oxygens (including phenoxy) is 4. The Morgan fingerprint density at radius 2 is 1.44 bits per heavy atom. The van der Waals surface area contributed by atoms with Gasteiger partial charge in [0.25, 0.3) is 11.8 Å². The zero-order valence-corrected chi connectivity index (χ0v) is 26.1. The highest BCUT2D eigenvalue weighted by atomic mass is 32.2. The van der Waals surface area contributed by atoms with Crippen LogP contribution in [0.5, 0.6) is 23.0 Å². The molecule has 0 aliphatic carbocycles. The maximum absolute atomic E-state index is 14.8. The van der Waals surface area contributed by atoms with E-state index in [4.69, 9.17) is 18.9 Å². The Morgan fingerprint density at radius 1 is 0.867 bits per heavy atom. The fourth-order valence-electron chi connectivity index (χ4n) is 5.91. The molecule has 3 aromatic carbocycles. The lowest BCUT2D eigenvalue weighted by molar-refractivity contribution is -0.163. The summed E-state index contributed by atoms with van der Waals surface area (Å²) in [5.41, 5.74) is -0.868. The van der Waals surface area contributed by atoms with Gasteiger partial charge in [-0.15, -0.1) is 0 Å². The summed E-state index contributed by atoms with van der Waals surface area (Å²) in [4.78, 5) is 54.7. The van der Waals surface area contributed by atoms with Crippen molar-refractivity contribution in [2.75, 3.05) is 13.8 Å². The van der Waals surface area contributed by atoms with Crippen LogP contribution >= 0.6 is 23.5 Å². The lowest BCUT2D eigenvalue weighted by Crippen LogP contribution is -2.71. The van der Waals surface area contributed by atoms with Crippen LogP contribution in [0.25, 0.3) is 0 Å². The molecule has 230 valence electrons. The molecule has 45 heavy (non-hydrogen) atoms. The van der Waals surface area contributed by atoms with Gasteiger partial charge >= 0.3 is 10.6 Å². The van der Waals surface area contributed by atoms with Gasteiger partial charge in [0, 0.05) is 13.5 Å². The normalized spacial score (nSPS) is 26.7. The van der Waals surface area contributed by atoms with E-state index in [0.717, 1.165) is 4.90 Å². The molecule has 0 aromatic heterocycles. The first-order valence-corrected chi connectivity index (χ1v) is 15.5. The first kappa shape index (κ1) is 30.4. The number of thioether (sulfide) groups is 2. The third-order valence-corrected chi connectivity index (χ3v) is 10.3. The molecule has 3 aliphatic rings. The second-order valence-electron chi connectivity index (χ2n) is 11.1. The van der Waals surface area contributed by atoms with E-state index in [1.165, 1.54) is 18.9 Å². The number of hydrogen-bond donors (Lipinski definition) is 0. The number of benzene rings is 3. The standard InChI is InChI=1S/C32H27N3O8S2/c1-30(18-33)17-32(45-29(39)43-22-12-8-5-9-13-22)27(37)34(3)31(2,44-28(38)42-21-10-6-4-7-11-21)26(36)35(32)25(30)20-14-15-23-24(16-20)41-19-40-23/h4-16,25H,17,19H2,1-3H3/t25-,30+,31-,32-/m0/s1. The fourth-order valence-corrected chi connectivity index (χ4v) is 8.07. The van der Waals surface area contributed by atoms with E-state index < -0.39 is 43.6 Å². The Kier molecular flexibility index (Phi) is 7.66. The fraction of sp³-hybridized carbons (Fsp3) is 0.281. The van der Waals surface area contributed by atoms with Crippen molar-refractivity contribution >= 4 is 45.9 Å². The van der Waals surface area contributed by atoms with Crippen LogP contribution in [0.2, 0.25) is 0 Å². The molecule has 4 atom stereocenters. The molecule has 3 heterocycles. The summed E-state index contributed by atoms with van der Waals surface area (Å²) >= 11 is 1.06. The first-order valence-electron chi connectivity index (χ1n) is 13.9. The molecule has 2 fully saturated rings. The summed E-state index contributed by atoms with van der Waals surface area (Å²) in [6.45, 7) is 3.09. The van der Waals surface area contributed by atoms with Crippen molar-refractivity contribution in [2.45, 2.75) is 36.1 Å². The van der Waals surface area contributed by atoms with Crippen molar-refractivity contribution in [3.05, 3.63) is 84.4 Å². The van der Waals surface area contributed by atoms with Crippen LogP contribution in [-0.2, 0) is 9.59 Å². The van der Waals surface area contributed by atoms with E-state index in [0.29, 0.717) is 40.6 Å². The number of carbonyl (C=O) groups excluding carboxylic acids is 4. The molecule has 2 saturated heterocycles. The van der Waals surface area contributed by atoms with E-state index >= 15 is 0 Å². The van der Waals surface area contributed by atoms with Crippen molar-refractivity contribution in [3.63, 3.8) is 0 Å². The maximum Gasteiger partial charge on any atom is 0.375 e. The van der Waals surface area contributed by atoms with Crippen LogP contribution in [0.4, 0.5) is 9.59 Å². The van der Waals surface area contributed by atoms with Gasteiger partial charge in [-0.2, -0.15) is 5.26 Å². The summed E-state index contributed by atoms with van der Waals surface area (Å²) in [7, 11) is 1.39. The summed E-state index contributed by atoms with van der Waals surface area (Å²) in [5, 5.41) is 8.93. The Balaban J connectivity index is 1.44. The van der Waals surface area contributed by atoms with Crippen LogP contribution in [0, 0.1) is 16.7 Å². The lowest BCUT2D eigenvalue weighted by Gasteiger charge is -2.52. The second-order valence-corrected chi connectivity index (χ2v) is 13.6. The number of carbonyl (C=O) groups is 4. The maximum atomic E-state index is 14.8. The topological polar surface area (TPSA) is 135 Å². The quantitative estimate of drug-likeness (QED) is 0.304. The van der Waals surface area contributed by atoms with Crippen molar-refractivity contribution in [1.82, 2.24) is 9.80 Å². The molecule has 0 N–H and O–H groups in total. The molecule has 0 bridgehead atoms.